The zero-order valence-corrected chi connectivity index (χ0v) is 8.41. The molecule has 0 radical (unpaired) electrons. The van der Waals surface area contributed by atoms with Gasteiger partial charge in [-0.3, -0.25) is 0 Å². The first-order valence-corrected chi connectivity index (χ1v) is 4.43. The van der Waals surface area contributed by atoms with Crippen LogP contribution in [0.3, 0.4) is 0 Å². The van der Waals surface area contributed by atoms with Gasteiger partial charge < -0.3 is 5.32 Å². The smallest absolute Gasteiger partial charge is 0.376 e. The number of hydrogen-bond acceptors (Lipinski definition) is 1. The molecule has 78 valence electrons. The third-order valence-electron chi connectivity index (χ3n) is 1.41. The van der Waals surface area contributed by atoms with Gasteiger partial charge in [-0.05, 0) is 34.1 Å². The lowest BCUT2D eigenvalue weighted by atomic mass is 10.3. The van der Waals surface area contributed by atoms with Crippen molar-refractivity contribution in [1.82, 2.24) is 0 Å². The van der Waals surface area contributed by atoms with Crippen LogP contribution < -0.4 is 5.32 Å². The van der Waals surface area contributed by atoms with Crippen LogP contribution in [0.4, 0.5) is 23.2 Å². The fourth-order valence-electron chi connectivity index (χ4n) is 0.808. The number of nitrogens with one attached hydrogen (secondary N) is 1. The molecule has 1 nitrogen and oxygen atoms in total. The number of hydrogen-bond donors (Lipinski definition) is 1. The summed E-state index contributed by atoms with van der Waals surface area (Å²) in [5, 5.41) is 2.07. The van der Waals surface area contributed by atoms with E-state index in [0.29, 0.717) is 0 Å². The molecule has 0 atom stereocenters. The Morgan fingerprint density at radius 1 is 1.29 bits per heavy atom. The standard InChI is InChI=1S/C8H6BrF4N/c9-6-2-1-5(3-7(6)10)14-4-8(11,12)13/h1-3,14H,4H2. The normalized spacial score (nSPS) is 11.5. The lowest BCUT2D eigenvalue weighted by molar-refractivity contribution is -0.115. The zero-order chi connectivity index (χ0) is 10.8. The Kier molecular flexibility index (Phi) is 3.36. The van der Waals surface area contributed by atoms with Crippen LogP contribution in [0.1, 0.15) is 0 Å². The highest BCUT2D eigenvalue weighted by atomic mass is 79.9. The molecular weight excluding hydrogens is 266 g/mol. The Morgan fingerprint density at radius 3 is 2.43 bits per heavy atom. The molecule has 0 fully saturated rings. The van der Waals surface area contributed by atoms with E-state index in [4.69, 9.17) is 0 Å². The largest absolute Gasteiger partial charge is 0.405 e. The lowest BCUT2D eigenvalue weighted by Crippen LogP contribution is -2.21. The van der Waals surface area contributed by atoms with Gasteiger partial charge in [0.15, 0.2) is 0 Å². The highest BCUT2D eigenvalue weighted by molar-refractivity contribution is 9.10. The molecule has 0 amide bonds. The average Bonchev–Trinajstić information content (AvgIpc) is 2.06. The molecular formula is C8H6BrF4N. The lowest BCUT2D eigenvalue weighted by Gasteiger charge is -2.09. The Labute approximate surface area is 86.2 Å². The summed E-state index contributed by atoms with van der Waals surface area (Å²) in [6.45, 7) is -1.17. The second-order valence-corrected chi connectivity index (χ2v) is 3.45. The van der Waals surface area contributed by atoms with Gasteiger partial charge in [-0.15, -0.1) is 0 Å². The molecule has 0 heterocycles. The molecule has 1 rings (SSSR count). The van der Waals surface area contributed by atoms with E-state index in [0.717, 1.165) is 6.07 Å². The summed E-state index contributed by atoms with van der Waals surface area (Å²) in [5.74, 6) is -0.600. The van der Waals surface area contributed by atoms with Crippen molar-refractivity contribution >= 4 is 21.6 Å². The summed E-state index contributed by atoms with van der Waals surface area (Å²) in [6, 6.07) is 3.70. The Bertz CT molecular complexity index is 324. The second kappa shape index (κ2) is 4.16. The van der Waals surface area contributed by atoms with Crippen molar-refractivity contribution in [2.75, 3.05) is 11.9 Å². The molecule has 0 aliphatic heterocycles. The highest BCUT2D eigenvalue weighted by Crippen LogP contribution is 2.21. The number of benzene rings is 1. The predicted octanol–water partition coefficient (Wildman–Crippen LogP) is 3.56. The van der Waals surface area contributed by atoms with Gasteiger partial charge in [0.1, 0.15) is 12.4 Å². The molecule has 0 saturated heterocycles. The van der Waals surface area contributed by atoms with Gasteiger partial charge >= 0.3 is 6.18 Å². The fraction of sp³-hybridized carbons (Fsp3) is 0.250. The molecule has 1 N–H and O–H groups in total. The van der Waals surface area contributed by atoms with Gasteiger partial charge in [-0.25, -0.2) is 4.39 Å². The molecule has 6 heteroatoms. The van der Waals surface area contributed by atoms with Crippen LogP contribution in [0.5, 0.6) is 0 Å². The van der Waals surface area contributed by atoms with Gasteiger partial charge in [-0.1, -0.05) is 0 Å². The SMILES string of the molecule is Fc1cc(NCC(F)(F)F)ccc1Br. The molecule has 0 unspecified atom stereocenters. The third kappa shape index (κ3) is 3.53. The van der Waals surface area contributed by atoms with Gasteiger partial charge in [0.25, 0.3) is 0 Å². The van der Waals surface area contributed by atoms with Crippen molar-refractivity contribution in [2.45, 2.75) is 6.18 Å². The monoisotopic (exact) mass is 271 g/mol. The quantitative estimate of drug-likeness (QED) is 0.811. The molecule has 1 aromatic rings. The van der Waals surface area contributed by atoms with Crippen LogP contribution in [0.15, 0.2) is 22.7 Å². The summed E-state index contributed by atoms with van der Waals surface area (Å²) < 4.78 is 48.3. The fourth-order valence-corrected chi connectivity index (χ4v) is 1.06. The van der Waals surface area contributed by atoms with Crippen LogP contribution in [0.25, 0.3) is 0 Å². The minimum atomic E-state index is -4.30. The van der Waals surface area contributed by atoms with Gasteiger partial charge in [0.2, 0.25) is 0 Å². The number of alkyl halides is 3. The first-order valence-electron chi connectivity index (χ1n) is 3.64. The van der Waals surface area contributed by atoms with Gasteiger partial charge in [-0.2, -0.15) is 13.2 Å². The Hall–Kier alpha value is -0.780. The van der Waals surface area contributed by atoms with Crippen LogP contribution in [0, 0.1) is 5.82 Å². The number of anilines is 1. The van der Waals surface area contributed by atoms with Crippen LogP contribution >= 0.6 is 15.9 Å². The predicted molar refractivity (Wildman–Crippen MR) is 48.6 cm³/mol. The van der Waals surface area contributed by atoms with E-state index < -0.39 is 18.5 Å². The van der Waals surface area contributed by atoms with Gasteiger partial charge in [0, 0.05) is 5.69 Å². The molecule has 0 aromatic heterocycles. The molecule has 1 aromatic carbocycles. The maximum atomic E-state index is 12.8. The van der Waals surface area contributed by atoms with E-state index in [1.54, 1.807) is 0 Å². The van der Waals surface area contributed by atoms with E-state index in [1.807, 2.05) is 0 Å². The van der Waals surface area contributed by atoms with E-state index >= 15 is 0 Å². The van der Waals surface area contributed by atoms with Crippen LogP contribution in [-0.2, 0) is 0 Å². The van der Waals surface area contributed by atoms with Crippen LogP contribution in [0.2, 0.25) is 0 Å². The first kappa shape index (κ1) is 11.3. The molecule has 0 aliphatic rings. The van der Waals surface area contributed by atoms with E-state index in [2.05, 4.69) is 21.2 Å². The van der Waals surface area contributed by atoms with Crippen molar-refractivity contribution in [2.24, 2.45) is 0 Å². The van der Waals surface area contributed by atoms with Crippen LogP contribution in [-0.4, -0.2) is 12.7 Å². The number of halogens is 5. The minimum absolute atomic E-state index is 0.100. The molecule has 14 heavy (non-hydrogen) atoms. The topological polar surface area (TPSA) is 12.0 Å². The summed E-state index contributed by atoms with van der Waals surface area (Å²) in [4.78, 5) is 0. The molecule has 0 saturated carbocycles. The molecule has 0 spiro atoms. The molecule has 0 bridgehead atoms. The first-order chi connectivity index (χ1) is 6.38. The third-order valence-corrected chi connectivity index (χ3v) is 2.06. The Balaban J connectivity index is 2.65. The van der Waals surface area contributed by atoms with Crippen molar-refractivity contribution in [1.29, 1.82) is 0 Å². The maximum absolute atomic E-state index is 12.8. The van der Waals surface area contributed by atoms with Crippen molar-refractivity contribution in [3.8, 4) is 0 Å². The zero-order valence-electron chi connectivity index (χ0n) is 6.83. The second-order valence-electron chi connectivity index (χ2n) is 2.60. The maximum Gasteiger partial charge on any atom is 0.405 e. The van der Waals surface area contributed by atoms with E-state index in [1.165, 1.54) is 12.1 Å². The Morgan fingerprint density at radius 2 is 1.93 bits per heavy atom. The number of rotatable bonds is 2. The molecule has 0 aliphatic carbocycles. The summed E-state index contributed by atoms with van der Waals surface area (Å²) >= 11 is 2.89. The van der Waals surface area contributed by atoms with Crippen molar-refractivity contribution in [3.63, 3.8) is 0 Å². The van der Waals surface area contributed by atoms with Crippen molar-refractivity contribution < 1.29 is 17.6 Å². The summed E-state index contributed by atoms with van der Waals surface area (Å²) in [7, 11) is 0. The summed E-state index contributed by atoms with van der Waals surface area (Å²) in [6.07, 6.45) is -4.30. The highest BCUT2D eigenvalue weighted by Gasteiger charge is 2.26. The van der Waals surface area contributed by atoms with Crippen molar-refractivity contribution in [3.05, 3.63) is 28.5 Å². The van der Waals surface area contributed by atoms with Gasteiger partial charge in [0.05, 0.1) is 4.47 Å². The summed E-state index contributed by atoms with van der Waals surface area (Å²) in [5.41, 5.74) is 0.100. The van der Waals surface area contributed by atoms with E-state index in [-0.39, 0.29) is 10.2 Å². The minimum Gasteiger partial charge on any atom is -0.376 e. The van der Waals surface area contributed by atoms with E-state index in [9.17, 15) is 17.6 Å². The average molecular weight is 272 g/mol.